The zero-order valence-corrected chi connectivity index (χ0v) is 15.8. The third kappa shape index (κ3) is 3.95. The number of aromatic nitrogens is 2. The van der Waals surface area contributed by atoms with Crippen molar-refractivity contribution in [3.8, 4) is 0 Å². The van der Waals surface area contributed by atoms with Gasteiger partial charge in [0, 0.05) is 25.7 Å². The monoisotopic (exact) mass is 365 g/mol. The lowest BCUT2D eigenvalue weighted by atomic mass is 10.0. The van der Waals surface area contributed by atoms with Gasteiger partial charge in [0.2, 0.25) is 0 Å². The molecule has 6 nitrogen and oxygen atoms in total. The van der Waals surface area contributed by atoms with Gasteiger partial charge in [0.25, 0.3) is 5.91 Å². The van der Waals surface area contributed by atoms with Crippen LogP contribution >= 0.6 is 0 Å². The lowest BCUT2D eigenvalue weighted by molar-refractivity contribution is 0.0707. The Hall–Kier alpha value is -2.47. The van der Waals surface area contributed by atoms with Crippen molar-refractivity contribution in [3.05, 3.63) is 53.7 Å². The molecule has 0 bridgehead atoms. The Morgan fingerprint density at radius 3 is 2.59 bits per heavy atom. The fourth-order valence-electron chi connectivity index (χ4n) is 3.91. The van der Waals surface area contributed by atoms with Crippen LogP contribution in [0, 0.1) is 5.41 Å². The second-order valence-corrected chi connectivity index (χ2v) is 8.11. The van der Waals surface area contributed by atoms with Crippen molar-refractivity contribution in [2.24, 2.45) is 11.1 Å². The number of carbonyl (C=O) groups excluding carboxylic acids is 1. The summed E-state index contributed by atoms with van der Waals surface area (Å²) in [5.41, 5.74) is 7.94. The Morgan fingerprint density at radius 1 is 1.19 bits per heavy atom. The highest BCUT2D eigenvalue weighted by Crippen LogP contribution is 2.58. The summed E-state index contributed by atoms with van der Waals surface area (Å²) in [6.45, 7) is 4.53. The Morgan fingerprint density at radius 2 is 1.93 bits per heavy atom. The van der Waals surface area contributed by atoms with Gasteiger partial charge in [-0.2, -0.15) is 0 Å². The van der Waals surface area contributed by atoms with Gasteiger partial charge >= 0.3 is 0 Å². The Kier molecular flexibility index (Phi) is 4.83. The molecule has 1 aromatic heterocycles. The van der Waals surface area contributed by atoms with Crippen LogP contribution in [0.15, 0.2) is 42.5 Å². The number of rotatable bonds is 5. The van der Waals surface area contributed by atoms with Crippen molar-refractivity contribution in [2.75, 3.05) is 25.0 Å². The number of carbonyl (C=O) groups is 1. The molecule has 4 rings (SSSR count). The van der Waals surface area contributed by atoms with Crippen LogP contribution in [-0.4, -0.2) is 46.7 Å². The van der Waals surface area contributed by atoms with Gasteiger partial charge in [-0.1, -0.05) is 37.3 Å². The van der Waals surface area contributed by atoms with Gasteiger partial charge in [-0.25, -0.2) is 0 Å². The van der Waals surface area contributed by atoms with Crippen LogP contribution < -0.4 is 11.1 Å². The van der Waals surface area contributed by atoms with Crippen molar-refractivity contribution in [3.63, 3.8) is 0 Å². The summed E-state index contributed by atoms with van der Waals surface area (Å²) in [5.74, 6) is 1.25. The molecule has 2 heterocycles. The molecule has 2 aliphatic rings. The molecule has 2 aromatic rings. The molecule has 0 spiro atoms. The highest BCUT2D eigenvalue weighted by Gasteiger charge is 2.50. The summed E-state index contributed by atoms with van der Waals surface area (Å²) in [5, 5.41) is 11.7. The normalized spacial score (nSPS) is 25.3. The maximum atomic E-state index is 12.5. The van der Waals surface area contributed by atoms with Crippen LogP contribution in [0.4, 0.5) is 5.82 Å². The molecule has 1 amide bonds. The molecule has 2 fully saturated rings. The van der Waals surface area contributed by atoms with Gasteiger partial charge in [0.15, 0.2) is 5.69 Å². The fraction of sp³-hybridized carbons (Fsp3) is 0.476. The van der Waals surface area contributed by atoms with E-state index in [1.807, 2.05) is 11.0 Å². The topological polar surface area (TPSA) is 84.1 Å². The summed E-state index contributed by atoms with van der Waals surface area (Å²) in [6, 6.07) is 14.5. The van der Waals surface area contributed by atoms with Gasteiger partial charge in [-0.15, -0.1) is 10.2 Å². The van der Waals surface area contributed by atoms with Crippen molar-refractivity contribution in [1.82, 2.24) is 15.1 Å². The Bertz CT molecular complexity index is 786. The van der Waals surface area contributed by atoms with Crippen LogP contribution in [-0.2, 0) is 0 Å². The smallest absolute Gasteiger partial charge is 0.274 e. The summed E-state index contributed by atoms with van der Waals surface area (Å²) in [6.07, 6.45) is 2.87. The second-order valence-electron chi connectivity index (χ2n) is 8.11. The van der Waals surface area contributed by atoms with E-state index in [-0.39, 0.29) is 17.4 Å². The zero-order valence-electron chi connectivity index (χ0n) is 15.8. The first-order valence-electron chi connectivity index (χ1n) is 9.72. The van der Waals surface area contributed by atoms with Gasteiger partial charge in [-0.3, -0.25) is 4.79 Å². The Labute approximate surface area is 160 Å². The highest BCUT2D eigenvalue weighted by molar-refractivity contribution is 5.92. The first-order chi connectivity index (χ1) is 13.0. The molecule has 27 heavy (non-hydrogen) atoms. The molecule has 2 atom stereocenters. The van der Waals surface area contributed by atoms with Crippen LogP contribution in [0.3, 0.4) is 0 Å². The number of amides is 1. The summed E-state index contributed by atoms with van der Waals surface area (Å²) >= 11 is 0. The number of hydrogen-bond acceptors (Lipinski definition) is 5. The molecule has 6 heteroatoms. The van der Waals surface area contributed by atoms with Gasteiger partial charge < -0.3 is 16.0 Å². The van der Waals surface area contributed by atoms with Crippen LogP contribution in [0.5, 0.6) is 0 Å². The molecule has 1 aromatic carbocycles. The molecule has 1 saturated carbocycles. The minimum absolute atomic E-state index is 0.0563. The molecular weight excluding hydrogens is 338 g/mol. The average molecular weight is 365 g/mol. The van der Waals surface area contributed by atoms with E-state index in [1.165, 1.54) is 12.0 Å². The van der Waals surface area contributed by atoms with E-state index in [1.54, 1.807) is 6.07 Å². The van der Waals surface area contributed by atoms with Crippen molar-refractivity contribution in [2.45, 2.75) is 38.1 Å². The number of nitrogens with two attached hydrogens (primary N) is 1. The summed E-state index contributed by atoms with van der Waals surface area (Å²) in [4.78, 5) is 14.3. The molecule has 1 aliphatic heterocycles. The van der Waals surface area contributed by atoms with E-state index < -0.39 is 0 Å². The van der Waals surface area contributed by atoms with E-state index in [9.17, 15) is 4.79 Å². The molecule has 1 aliphatic carbocycles. The predicted octanol–water partition coefficient (Wildman–Crippen LogP) is 2.65. The van der Waals surface area contributed by atoms with E-state index in [4.69, 9.17) is 5.73 Å². The number of hydrogen-bond donors (Lipinski definition) is 2. The van der Waals surface area contributed by atoms with Crippen molar-refractivity contribution in [1.29, 1.82) is 0 Å². The quantitative estimate of drug-likeness (QED) is 0.851. The molecule has 0 radical (unpaired) electrons. The van der Waals surface area contributed by atoms with E-state index in [0.717, 1.165) is 19.4 Å². The summed E-state index contributed by atoms with van der Waals surface area (Å²) < 4.78 is 0. The first-order valence-corrected chi connectivity index (χ1v) is 9.72. The SMILES string of the molecule is C[C@@]1(CNc2ccc(C(=O)N3CCC(N)CC3)nn2)C[C@H]1c1ccccc1. The minimum atomic E-state index is -0.0563. The van der Waals surface area contributed by atoms with Crippen molar-refractivity contribution >= 4 is 11.7 Å². The van der Waals surface area contributed by atoms with Crippen LogP contribution in [0.1, 0.15) is 48.2 Å². The fourth-order valence-corrected chi connectivity index (χ4v) is 3.91. The van der Waals surface area contributed by atoms with Crippen LogP contribution in [0.2, 0.25) is 0 Å². The Balaban J connectivity index is 1.32. The van der Waals surface area contributed by atoms with E-state index >= 15 is 0 Å². The van der Waals surface area contributed by atoms with Crippen LogP contribution in [0.25, 0.3) is 0 Å². The van der Waals surface area contributed by atoms with E-state index in [2.05, 4.69) is 52.8 Å². The third-order valence-corrected chi connectivity index (χ3v) is 5.94. The molecule has 142 valence electrons. The number of benzene rings is 1. The lowest BCUT2D eigenvalue weighted by Crippen LogP contribution is -2.43. The average Bonchev–Trinajstić information content (AvgIpc) is 3.39. The number of nitrogens with zero attached hydrogens (tertiary/aromatic N) is 3. The number of likely N-dealkylation sites (tertiary alicyclic amines) is 1. The lowest BCUT2D eigenvalue weighted by Gasteiger charge is -2.29. The maximum absolute atomic E-state index is 12.5. The first kappa shape index (κ1) is 17.9. The molecule has 0 unspecified atom stereocenters. The standard InChI is InChI=1S/C21H27N5O/c1-21(13-17(21)15-5-3-2-4-6-15)14-23-19-8-7-18(24-25-19)20(27)26-11-9-16(22)10-12-26/h2-8,16-17H,9-14,22H2,1H3,(H,23,25)/t17-,21-/m0/s1. The number of anilines is 1. The molecule has 1 saturated heterocycles. The van der Waals surface area contributed by atoms with Gasteiger partial charge in [0.1, 0.15) is 5.82 Å². The maximum Gasteiger partial charge on any atom is 0.274 e. The predicted molar refractivity (Wildman–Crippen MR) is 106 cm³/mol. The zero-order chi connectivity index (χ0) is 18.9. The second kappa shape index (κ2) is 7.27. The van der Waals surface area contributed by atoms with Gasteiger partial charge in [0.05, 0.1) is 0 Å². The highest BCUT2D eigenvalue weighted by atomic mass is 16.2. The molecule has 3 N–H and O–H groups in total. The molecular formula is C21H27N5O. The third-order valence-electron chi connectivity index (χ3n) is 5.94. The number of nitrogens with one attached hydrogen (secondary N) is 1. The number of piperidine rings is 1. The largest absolute Gasteiger partial charge is 0.368 e. The van der Waals surface area contributed by atoms with Gasteiger partial charge in [-0.05, 0) is 48.3 Å². The minimum Gasteiger partial charge on any atom is -0.368 e. The van der Waals surface area contributed by atoms with Crippen molar-refractivity contribution < 1.29 is 4.79 Å². The summed E-state index contributed by atoms with van der Waals surface area (Å²) in [7, 11) is 0. The van der Waals surface area contributed by atoms with E-state index in [0.29, 0.717) is 30.5 Å².